The van der Waals surface area contributed by atoms with Crippen LogP contribution in [0.4, 0.5) is 5.82 Å². The lowest BCUT2D eigenvalue weighted by Gasteiger charge is -2.31. The van der Waals surface area contributed by atoms with Crippen LogP contribution in [0.1, 0.15) is 6.23 Å². The van der Waals surface area contributed by atoms with Crippen molar-refractivity contribution < 1.29 is 28.2 Å². The molecule has 4 rings (SSSR count). The SMILES string of the molecule is COC[C@@]12COC([C@H](n3cnc4c(N)ncnc43)O1)[C@H]2OP(C)(=O)O. The van der Waals surface area contributed by atoms with Gasteiger partial charge < -0.3 is 24.8 Å². The molecule has 2 fully saturated rings. The number of aromatic nitrogens is 4. The first-order valence-corrected chi connectivity index (χ1v) is 9.57. The molecule has 2 saturated heterocycles. The first kappa shape index (κ1) is 16.8. The van der Waals surface area contributed by atoms with Crippen LogP contribution in [0.5, 0.6) is 0 Å². The number of anilines is 1. The molecule has 0 spiro atoms. The first-order valence-electron chi connectivity index (χ1n) is 7.55. The average Bonchev–Trinajstić information content (AvgIpc) is 3.17. The van der Waals surface area contributed by atoms with E-state index in [1.54, 1.807) is 4.57 Å². The predicted octanol–water partition coefficient (Wildman–Crippen LogP) is -0.0783. The van der Waals surface area contributed by atoms with Crippen LogP contribution in [0.15, 0.2) is 12.7 Å². The van der Waals surface area contributed by atoms with Crippen molar-refractivity contribution in [2.75, 3.05) is 32.7 Å². The third kappa shape index (κ3) is 2.64. The molecule has 0 aromatic carbocycles. The van der Waals surface area contributed by atoms with Crippen LogP contribution in [0.2, 0.25) is 0 Å². The predicted molar refractivity (Wildman–Crippen MR) is 84.8 cm³/mol. The smallest absolute Gasteiger partial charge is 0.325 e. The summed E-state index contributed by atoms with van der Waals surface area (Å²) >= 11 is 0. The van der Waals surface area contributed by atoms with Gasteiger partial charge in [0.1, 0.15) is 29.7 Å². The maximum Gasteiger partial charge on any atom is 0.325 e. The lowest BCUT2D eigenvalue weighted by atomic mass is 10.0. The van der Waals surface area contributed by atoms with Gasteiger partial charge in [0.15, 0.2) is 17.7 Å². The van der Waals surface area contributed by atoms with Gasteiger partial charge in [-0.3, -0.25) is 13.7 Å². The largest absolute Gasteiger partial charge is 0.382 e. The third-order valence-electron chi connectivity index (χ3n) is 4.33. The van der Waals surface area contributed by atoms with E-state index in [0.717, 1.165) is 6.66 Å². The van der Waals surface area contributed by atoms with Crippen molar-refractivity contribution in [3.8, 4) is 0 Å². The van der Waals surface area contributed by atoms with E-state index in [0.29, 0.717) is 11.2 Å². The van der Waals surface area contributed by atoms with Gasteiger partial charge in [0.25, 0.3) is 0 Å². The summed E-state index contributed by atoms with van der Waals surface area (Å²) < 4.78 is 36.0. The van der Waals surface area contributed by atoms with Gasteiger partial charge in [-0.1, -0.05) is 0 Å². The molecule has 136 valence electrons. The molecule has 0 radical (unpaired) electrons. The molecule has 2 aliphatic heterocycles. The molecule has 11 nitrogen and oxygen atoms in total. The second kappa shape index (κ2) is 5.70. The maximum absolute atomic E-state index is 11.8. The Labute approximate surface area is 142 Å². The van der Waals surface area contributed by atoms with E-state index in [1.807, 2.05) is 0 Å². The highest BCUT2D eigenvalue weighted by atomic mass is 31.2. The number of hydrogen-bond donors (Lipinski definition) is 2. The van der Waals surface area contributed by atoms with Crippen LogP contribution >= 0.6 is 7.60 Å². The highest BCUT2D eigenvalue weighted by molar-refractivity contribution is 7.51. The van der Waals surface area contributed by atoms with Crippen molar-refractivity contribution in [1.29, 1.82) is 0 Å². The number of imidazole rings is 1. The fraction of sp³-hybridized carbons (Fsp3) is 0.615. The lowest BCUT2D eigenvalue weighted by molar-refractivity contribution is -0.188. The Bertz CT molecular complexity index is 855. The summed E-state index contributed by atoms with van der Waals surface area (Å²) in [6.07, 6.45) is 0.808. The minimum atomic E-state index is -3.76. The fourth-order valence-corrected chi connectivity index (χ4v) is 4.12. The first-order chi connectivity index (χ1) is 11.8. The van der Waals surface area contributed by atoms with Gasteiger partial charge in [0.05, 0.1) is 19.5 Å². The normalized spacial score (nSPS) is 33.8. The van der Waals surface area contributed by atoms with Gasteiger partial charge in [-0.05, 0) is 0 Å². The Morgan fingerprint density at radius 1 is 1.52 bits per heavy atom. The molecular formula is C13H18N5O6P. The number of nitrogen functional groups attached to an aromatic ring is 1. The van der Waals surface area contributed by atoms with Crippen molar-refractivity contribution in [3.63, 3.8) is 0 Å². The summed E-state index contributed by atoms with van der Waals surface area (Å²) in [5, 5.41) is 0. The fourth-order valence-electron chi connectivity index (χ4n) is 3.39. The van der Waals surface area contributed by atoms with Crippen molar-refractivity contribution in [2.24, 2.45) is 0 Å². The quantitative estimate of drug-likeness (QED) is 0.685. The molecule has 0 aliphatic carbocycles. The van der Waals surface area contributed by atoms with E-state index in [-0.39, 0.29) is 19.0 Å². The van der Waals surface area contributed by atoms with Crippen LogP contribution in [-0.4, -0.2) is 69.2 Å². The molecule has 12 heteroatoms. The van der Waals surface area contributed by atoms with E-state index < -0.39 is 31.6 Å². The zero-order valence-electron chi connectivity index (χ0n) is 13.6. The summed E-state index contributed by atoms with van der Waals surface area (Å²) in [6.45, 7) is 1.46. The zero-order chi connectivity index (χ0) is 17.8. The van der Waals surface area contributed by atoms with E-state index >= 15 is 0 Å². The van der Waals surface area contributed by atoms with Crippen molar-refractivity contribution in [1.82, 2.24) is 19.5 Å². The highest BCUT2D eigenvalue weighted by Crippen LogP contribution is 2.53. The average molecular weight is 371 g/mol. The van der Waals surface area contributed by atoms with E-state index in [4.69, 9.17) is 24.5 Å². The molecule has 2 aliphatic rings. The van der Waals surface area contributed by atoms with Crippen molar-refractivity contribution >= 4 is 24.6 Å². The molecule has 0 amide bonds. The molecule has 3 N–H and O–H groups in total. The van der Waals surface area contributed by atoms with Crippen LogP contribution < -0.4 is 5.73 Å². The molecule has 5 atom stereocenters. The van der Waals surface area contributed by atoms with Crippen LogP contribution in [0.3, 0.4) is 0 Å². The lowest BCUT2D eigenvalue weighted by Crippen LogP contribution is -2.45. The molecule has 2 aromatic rings. The molecule has 2 unspecified atom stereocenters. The monoisotopic (exact) mass is 371 g/mol. The summed E-state index contributed by atoms with van der Waals surface area (Å²) in [7, 11) is -2.25. The molecule has 2 bridgehead atoms. The van der Waals surface area contributed by atoms with Crippen LogP contribution in [0.25, 0.3) is 11.2 Å². The standard InChI is InChI=1S/C13H18N5O6P/c1-21-3-13-4-22-8(9(13)24-25(2,19)20)12(23-13)18-6-17-7-10(14)15-5-16-11(7)18/h5-6,8-9,12H,3-4H2,1-2H3,(H,19,20)(H2,14,15,16)/t8?,9-,12-,13+/m1/s1. The summed E-state index contributed by atoms with van der Waals surface area (Å²) in [6, 6.07) is 0. The maximum atomic E-state index is 11.8. The summed E-state index contributed by atoms with van der Waals surface area (Å²) in [5.41, 5.74) is 5.74. The number of nitrogens with zero attached hydrogens (tertiary/aromatic N) is 4. The third-order valence-corrected chi connectivity index (χ3v) is 4.95. The Kier molecular flexibility index (Phi) is 3.83. The van der Waals surface area contributed by atoms with E-state index in [2.05, 4.69) is 15.0 Å². The Hall–Kier alpha value is -1.62. The van der Waals surface area contributed by atoms with Gasteiger partial charge in [-0.15, -0.1) is 0 Å². The summed E-state index contributed by atoms with van der Waals surface area (Å²) in [5.74, 6) is 0.251. The summed E-state index contributed by atoms with van der Waals surface area (Å²) in [4.78, 5) is 22.0. The van der Waals surface area contributed by atoms with Crippen molar-refractivity contribution in [3.05, 3.63) is 12.7 Å². The number of rotatable bonds is 5. The number of fused-ring (bicyclic) bond motifs is 3. The highest BCUT2D eigenvalue weighted by Gasteiger charge is 2.64. The molecule has 4 heterocycles. The van der Waals surface area contributed by atoms with Gasteiger partial charge in [0.2, 0.25) is 0 Å². The topological polar surface area (TPSA) is 144 Å². The number of nitrogens with two attached hydrogens (primary N) is 1. The molecule has 25 heavy (non-hydrogen) atoms. The van der Waals surface area contributed by atoms with E-state index in [9.17, 15) is 9.46 Å². The van der Waals surface area contributed by atoms with E-state index in [1.165, 1.54) is 19.8 Å². The molecule has 0 saturated carbocycles. The molecular weight excluding hydrogens is 353 g/mol. The number of hydrogen-bond acceptors (Lipinski definition) is 9. The zero-order valence-corrected chi connectivity index (χ0v) is 14.5. The van der Waals surface area contributed by atoms with Gasteiger partial charge in [-0.25, -0.2) is 15.0 Å². The number of ether oxygens (including phenoxy) is 3. The Morgan fingerprint density at radius 3 is 3.04 bits per heavy atom. The van der Waals surface area contributed by atoms with Crippen molar-refractivity contribution in [2.45, 2.75) is 24.0 Å². The second-order valence-electron chi connectivity index (χ2n) is 6.19. The Morgan fingerprint density at radius 2 is 2.32 bits per heavy atom. The second-order valence-corrected chi connectivity index (χ2v) is 8.01. The van der Waals surface area contributed by atoms with Crippen LogP contribution in [-0.2, 0) is 23.3 Å². The Balaban J connectivity index is 1.74. The van der Waals surface area contributed by atoms with Gasteiger partial charge in [0, 0.05) is 13.8 Å². The number of methoxy groups -OCH3 is 1. The minimum absolute atomic E-state index is 0.147. The van der Waals surface area contributed by atoms with Crippen LogP contribution in [0, 0.1) is 0 Å². The van der Waals surface area contributed by atoms with Gasteiger partial charge >= 0.3 is 7.60 Å². The molecule has 2 aromatic heterocycles. The van der Waals surface area contributed by atoms with Gasteiger partial charge in [-0.2, -0.15) is 0 Å². The minimum Gasteiger partial charge on any atom is -0.382 e.